The van der Waals surface area contributed by atoms with Crippen molar-refractivity contribution in [2.24, 2.45) is 17.8 Å². The number of ether oxygens (including phenoxy) is 7. The van der Waals surface area contributed by atoms with Gasteiger partial charge in [-0.15, -0.1) is 0 Å². The summed E-state index contributed by atoms with van der Waals surface area (Å²) < 4.78 is 38.9. The molecule has 17 heteroatoms. The number of aliphatic hydroxyl groups is 9. The Kier molecular flexibility index (Phi) is 10.2. The molecule has 16 atom stereocenters. The number of rotatable bonds is 11. The molecule has 1 saturated carbocycles. The zero-order valence-electron chi connectivity index (χ0n) is 24.1. The Balaban J connectivity index is 1.24. The summed E-state index contributed by atoms with van der Waals surface area (Å²) >= 11 is 0. The molecule has 5 rings (SSSR count). The standard InChI is InChI=1S/C27H42O17/c1-9(2)3-13(30)43-24-15-14(22-23(44-22)27(15,37)8-29)10(5-38-24)6-39-25-21(36)19(34)17(32)12(42-25)7-40-26-20(35)18(33)16(31)11(4-28)41-26/h5,9,11-12,14-26,28-29,31-37H,3-4,6-8H2,1-2H3. The lowest BCUT2D eigenvalue weighted by atomic mass is 9.79. The summed E-state index contributed by atoms with van der Waals surface area (Å²) in [5.74, 6) is -2.04. The summed E-state index contributed by atoms with van der Waals surface area (Å²) in [6.07, 6.45) is -16.9. The lowest BCUT2D eigenvalue weighted by molar-refractivity contribution is -0.330. The van der Waals surface area contributed by atoms with Crippen molar-refractivity contribution in [3.63, 3.8) is 0 Å². The van der Waals surface area contributed by atoms with E-state index in [9.17, 15) is 50.8 Å². The normalized spacial score (nSPS) is 48.3. The van der Waals surface area contributed by atoms with Gasteiger partial charge < -0.3 is 79.1 Å². The summed E-state index contributed by atoms with van der Waals surface area (Å²) in [5.41, 5.74) is -1.35. The number of carbonyl (C=O) groups is 1. The van der Waals surface area contributed by atoms with Gasteiger partial charge in [0.1, 0.15) is 60.5 Å². The maximum Gasteiger partial charge on any atom is 0.309 e. The highest BCUT2D eigenvalue weighted by Gasteiger charge is 2.74. The summed E-state index contributed by atoms with van der Waals surface area (Å²) in [6, 6.07) is 0. The van der Waals surface area contributed by atoms with Crippen LogP contribution in [-0.2, 0) is 38.0 Å². The van der Waals surface area contributed by atoms with Crippen LogP contribution in [0, 0.1) is 17.8 Å². The minimum atomic E-state index is -1.77. The van der Waals surface area contributed by atoms with Gasteiger partial charge >= 0.3 is 5.97 Å². The average Bonchev–Trinajstić information content (AvgIpc) is 3.75. The number of esters is 1. The number of hydrogen-bond acceptors (Lipinski definition) is 17. The second kappa shape index (κ2) is 13.3. The third-order valence-electron chi connectivity index (χ3n) is 8.84. The molecule has 0 aromatic carbocycles. The van der Waals surface area contributed by atoms with Crippen LogP contribution in [0.15, 0.2) is 11.8 Å². The molecule has 9 N–H and O–H groups in total. The molecular weight excluding hydrogens is 596 g/mol. The van der Waals surface area contributed by atoms with Gasteiger partial charge in [-0.2, -0.15) is 0 Å². The topological polar surface area (TPSA) is 267 Å². The van der Waals surface area contributed by atoms with Gasteiger partial charge in [-0.05, 0) is 11.5 Å². The summed E-state index contributed by atoms with van der Waals surface area (Å²) in [5, 5.41) is 92.3. The first-order chi connectivity index (χ1) is 20.8. The maximum absolute atomic E-state index is 12.4. The van der Waals surface area contributed by atoms with Gasteiger partial charge in [0.15, 0.2) is 12.6 Å². The van der Waals surface area contributed by atoms with Crippen molar-refractivity contribution in [1.29, 1.82) is 0 Å². The highest BCUT2D eigenvalue weighted by molar-refractivity contribution is 5.69. The fraction of sp³-hybridized carbons (Fsp3) is 0.889. The lowest BCUT2D eigenvalue weighted by Crippen LogP contribution is -2.61. The molecule has 0 spiro atoms. The van der Waals surface area contributed by atoms with Crippen LogP contribution in [0.25, 0.3) is 0 Å². The zero-order valence-corrected chi connectivity index (χ0v) is 24.1. The van der Waals surface area contributed by atoms with Crippen molar-refractivity contribution in [1.82, 2.24) is 0 Å². The smallest absolute Gasteiger partial charge is 0.309 e. The molecule has 5 aliphatic rings. The van der Waals surface area contributed by atoms with E-state index in [-0.39, 0.29) is 18.9 Å². The van der Waals surface area contributed by atoms with Crippen LogP contribution in [0.2, 0.25) is 0 Å². The number of hydrogen-bond donors (Lipinski definition) is 9. The Bertz CT molecular complexity index is 1040. The van der Waals surface area contributed by atoms with E-state index in [1.807, 2.05) is 13.8 Å². The predicted molar refractivity (Wildman–Crippen MR) is 139 cm³/mol. The first kappa shape index (κ1) is 33.8. The zero-order chi connectivity index (χ0) is 32.1. The maximum atomic E-state index is 12.4. The number of carbonyl (C=O) groups excluding carboxylic acids is 1. The highest BCUT2D eigenvalue weighted by Crippen LogP contribution is 2.58. The van der Waals surface area contributed by atoms with Crippen LogP contribution in [-0.4, -0.2) is 164 Å². The van der Waals surface area contributed by atoms with E-state index in [4.69, 9.17) is 33.2 Å². The summed E-state index contributed by atoms with van der Waals surface area (Å²) in [4.78, 5) is 12.4. The van der Waals surface area contributed by atoms with Crippen molar-refractivity contribution in [3.05, 3.63) is 11.8 Å². The molecule has 16 unspecified atom stereocenters. The average molecular weight is 639 g/mol. The van der Waals surface area contributed by atoms with Gasteiger partial charge in [-0.25, -0.2) is 0 Å². The molecule has 17 nitrogen and oxygen atoms in total. The third-order valence-corrected chi connectivity index (χ3v) is 8.84. The second-order valence-corrected chi connectivity index (χ2v) is 12.4. The molecule has 0 aromatic heterocycles. The van der Waals surface area contributed by atoms with Gasteiger partial charge in [-0.3, -0.25) is 4.79 Å². The third kappa shape index (κ3) is 6.24. The van der Waals surface area contributed by atoms with E-state index >= 15 is 0 Å². The second-order valence-electron chi connectivity index (χ2n) is 12.4. The van der Waals surface area contributed by atoms with Crippen molar-refractivity contribution in [3.8, 4) is 0 Å². The Labute approximate surface area is 252 Å². The van der Waals surface area contributed by atoms with Gasteiger partial charge in [0, 0.05) is 12.3 Å². The summed E-state index contributed by atoms with van der Waals surface area (Å²) in [6.45, 7) is 1.50. The largest absolute Gasteiger partial charge is 0.462 e. The van der Waals surface area contributed by atoms with Gasteiger partial charge in [0.05, 0.1) is 44.7 Å². The van der Waals surface area contributed by atoms with Crippen LogP contribution in [0.1, 0.15) is 20.3 Å². The van der Waals surface area contributed by atoms with E-state index in [0.29, 0.717) is 5.57 Å². The lowest BCUT2D eigenvalue weighted by Gasteiger charge is -2.43. The van der Waals surface area contributed by atoms with E-state index in [2.05, 4.69) is 0 Å². The molecule has 4 aliphatic heterocycles. The van der Waals surface area contributed by atoms with Crippen LogP contribution in [0.3, 0.4) is 0 Å². The number of epoxide rings is 1. The highest BCUT2D eigenvalue weighted by atomic mass is 16.7. The molecule has 44 heavy (non-hydrogen) atoms. The van der Waals surface area contributed by atoms with Gasteiger partial charge in [0.25, 0.3) is 0 Å². The van der Waals surface area contributed by atoms with Crippen molar-refractivity contribution in [2.75, 3.05) is 26.4 Å². The molecule has 1 aliphatic carbocycles. The molecule has 0 radical (unpaired) electrons. The molecule has 252 valence electrons. The minimum Gasteiger partial charge on any atom is -0.462 e. The van der Waals surface area contributed by atoms with E-state index in [0.717, 1.165) is 0 Å². The van der Waals surface area contributed by atoms with E-state index < -0.39 is 123 Å². The molecule has 0 bridgehead atoms. The first-order valence-corrected chi connectivity index (χ1v) is 14.6. The number of fused-ring (bicyclic) bond motifs is 3. The predicted octanol–water partition coefficient (Wildman–Crippen LogP) is -4.81. The Morgan fingerprint density at radius 2 is 1.48 bits per heavy atom. The molecule has 4 heterocycles. The van der Waals surface area contributed by atoms with Crippen LogP contribution < -0.4 is 0 Å². The van der Waals surface area contributed by atoms with E-state index in [1.165, 1.54) is 6.26 Å². The van der Waals surface area contributed by atoms with Crippen LogP contribution in [0.4, 0.5) is 0 Å². The molecule has 0 amide bonds. The SMILES string of the molecule is CC(C)CC(=O)OC1OC=C(COC2OC(COC3OC(CO)C(O)C(O)C3O)C(O)C(O)C2O)C2C3OC3C(O)(CO)C12. The van der Waals surface area contributed by atoms with Crippen molar-refractivity contribution in [2.45, 2.75) is 106 Å². The molecule has 3 saturated heterocycles. The van der Waals surface area contributed by atoms with E-state index in [1.54, 1.807) is 0 Å². The Hall–Kier alpha value is -1.55. The fourth-order valence-corrected chi connectivity index (χ4v) is 6.37. The number of aliphatic hydroxyl groups excluding tert-OH is 8. The molecule has 0 aromatic rings. The summed E-state index contributed by atoms with van der Waals surface area (Å²) in [7, 11) is 0. The molecular formula is C27H42O17. The monoisotopic (exact) mass is 638 g/mol. The quantitative estimate of drug-likeness (QED) is 0.0759. The van der Waals surface area contributed by atoms with Crippen molar-refractivity contribution >= 4 is 5.97 Å². The first-order valence-electron chi connectivity index (χ1n) is 14.6. The Morgan fingerprint density at radius 1 is 0.864 bits per heavy atom. The van der Waals surface area contributed by atoms with Crippen molar-refractivity contribution < 1.29 is 83.9 Å². The van der Waals surface area contributed by atoms with Gasteiger partial charge in [-0.1, -0.05) is 13.8 Å². The Morgan fingerprint density at radius 3 is 2.09 bits per heavy atom. The minimum absolute atomic E-state index is 0.0145. The van der Waals surface area contributed by atoms with Gasteiger partial charge in [0.2, 0.25) is 6.29 Å². The van der Waals surface area contributed by atoms with Crippen LogP contribution in [0.5, 0.6) is 0 Å². The van der Waals surface area contributed by atoms with Crippen LogP contribution >= 0.6 is 0 Å². The molecule has 4 fully saturated rings. The fourth-order valence-electron chi connectivity index (χ4n) is 6.37.